The Morgan fingerprint density at radius 3 is 2.52 bits per heavy atom. The number of amides is 1. The number of aryl methyl sites for hydroxylation is 2. The van der Waals surface area contributed by atoms with Gasteiger partial charge in [0, 0.05) is 35.1 Å². The number of fused-ring (bicyclic) bond motifs is 3. The number of carbonyl (C=O) groups excluding carboxylic acids is 1. The van der Waals surface area contributed by atoms with Crippen molar-refractivity contribution < 1.29 is 22.6 Å². The average molecular weight is 483 g/mol. The number of carbonyl (C=O) groups is 1. The summed E-state index contributed by atoms with van der Waals surface area (Å²) in [5.74, 6) is 0.109. The summed E-state index contributed by atoms with van der Waals surface area (Å²) in [6, 6.07) is 12.8. The molecule has 0 saturated heterocycles. The maximum Gasteiger partial charge on any atom is 0.280 e. The molecule has 0 atom stereocenters. The molecule has 0 fully saturated rings. The van der Waals surface area contributed by atoms with E-state index in [-0.39, 0.29) is 21.1 Å². The number of rotatable bonds is 5. The van der Waals surface area contributed by atoms with Gasteiger partial charge in [-0.25, -0.2) is 0 Å². The quantitative estimate of drug-likeness (QED) is 0.281. The zero-order valence-electron chi connectivity index (χ0n) is 17.3. The van der Waals surface area contributed by atoms with Crippen LogP contribution < -0.4 is 4.31 Å². The van der Waals surface area contributed by atoms with Crippen molar-refractivity contribution in [1.29, 1.82) is 0 Å². The summed E-state index contributed by atoms with van der Waals surface area (Å²) in [5, 5.41) is 13.4. The molecular weight excluding hydrogens is 464 g/mol. The Bertz CT molecular complexity index is 1470. The van der Waals surface area contributed by atoms with Gasteiger partial charge < -0.3 is 4.42 Å². The number of hydrogen-bond donors (Lipinski definition) is 0. The third-order valence-electron chi connectivity index (χ3n) is 5.67. The lowest BCUT2D eigenvalue weighted by molar-refractivity contribution is -0.384. The molecule has 8 nitrogen and oxygen atoms in total. The van der Waals surface area contributed by atoms with Gasteiger partial charge in [-0.05, 0) is 61.0 Å². The Hall–Kier alpha value is -3.50. The first kappa shape index (κ1) is 21.4. The second kappa shape index (κ2) is 8.13. The largest absolute Gasteiger partial charge is 0.461 e. The Morgan fingerprint density at radius 1 is 1.06 bits per heavy atom. The Labute approximate surface area is 193 Å². The lowest BCUT2D eigenvalue weighted by atomic mass is 9.96. The molecular formula is C23H18N2O6S2. The highest BCUT2D eigenvalue weighted by Gasteiger charge is 2.33. The van der Waals surface area contributed by atoms with Crippen LogP contribution in [0.2, 0.25) is 0 Å². The van der Waals surface area contributed by atoms with Gasteiger partial charge in [0.2, 0.25) is 0 Å². The van der Waals surface area contributed by atoms with E-state index in [4.69, 9.17) is 4.42 Å². The van der Waals surface area contributed by atoms with Gasteiger partial charge in [0.15, 0.2) is 0 Å². The first-order valence-corrected chi connectivity index (χ1v) is 12.6. The Kier molecular flexibility index (Phi) is 5.26. The molecule has 2 aromatic carbocycles. The Morgan fingerprint density at radius 2 is 1.82 bits per heavy atom. The molecule has 10 heteroatoms. The molecule has 0 spiro atoms. The van der Waals surface area contributed by atoms with E-state index in [9.17, 15) is 23.3 Å². The van der Waals surface area contributed by atoms with E-state index in [1.54, 1.807) is 29.6 Å². The SMILES string of the molecule is O=C(c1ccc([N+](=O)[O-])cc1)N(c1ccc2oc3c(c2c1)CCCC3)S(=O)(=O)c1cccs1. The molecule has 33 heavy (non-hydrogen) atoms. The highest BCUT2D eigenvalue weighted by molar-refractivity contribution is 7.95. The van der Waals surface area contributed by atoms with E-state index < -0.39 is 20.9 Å². The Balaban J connectivity index is 1.66. The van der Waals surface area contributed by atoms with Gasteiger partial charge in [-0.15, -0.1) is 11.3 Å². The molecule has 0 N–H and O–H groups in total. The highest BCUT2D eigenvalue weighted by Crippen LogP contribution is 2.36. The van der Waals surface area contributed by atoms with Gasteiger partial charge in [0.1, 0.15) is 15.6 Å². The fourth-order valence-electron chi connectivity index (χ4n) is 4.09. The van der Waals surface area contributed by atoms with Crippen LogP contribution in [0.15, 0.2) is 68.6 Å². The lowest BCUT2D eigenvalue weighted by Gasteiger charge is -2.22. The van der Waals surface area contributed by atoms with Gasteiger partial charge in [0.25, 0.3) is 21.6 Å². The minimum absolute atomic E-state index is 0.0204. The molecule has 0 bridgehead atoms. The van der Waals surface area contributed by atoms with Crippen LogP contribution in [-0.2, 0) is 22.9 Å². The van der Waals surface area contributed by atoms with E-state index in [1.165, 1.54) is 30.3 Å². The van der Waals surface area contributed by atoms with Crippen molar-refractivity contribution >= 4 is 49.6 Å². The van der Waals surface area contributed by atoms with E-state index in [0.717, 1.165) is 58.0 Å². The van der Waals surface area contributed by atoms with Crippen molar-refractivity contribution in [2.24, 2.45) is 0 Å². The van der Waals surface area contributed by atoms with Crippen LogP contribution in [0.3, 0.4) is 0 Å². The number of sulfonamides is 1. The highest BCUT2D eigenvalue weighted by atomic mass is 32.2. The molecule has 1 aliphatic rings. The van der Waals surface area contributed by atoms with Crippen molar-refractivity contribution in [2.75, 3.05) is 4.31 Å². The van der Waals surface area contributed by atoms with Crippen molar-refractivity contribution in [1.82, 2.24) is 0 Å². The third kappa shape index (κ3) is 3.70. The van der Waals surface area contributed by atoms with Gasteiger partial charge in [-0.3, -0.25) is 14.9 Å². The second-order valence-corrected chi connectivity index (χ2v) is 10.7. The molecule has 2 heterocycles. The minimum atomic E-state index is -4.22. The van der Waals surface area contributed by atoms with Crippen molar-refractivity contribution in [3.8, 4) is 0 Å². The molecule has 2 aromatic heterocycles. The number of non-ortho nitro benzene ring substituents is 1. The molecule has 0 aliphatic heterocycles. The van der Waals surface area contributed by atoms with Gasteiger partial charge >= 0.3 is 0 Å². The third-order valence-corrected chi connectivity index (χ3v) is 8.76. The maximum atomic E-state index is 13.5. The van der Waals surface area contributed by atoms with E-state index in [1.807, 2.05) is 0 Å². The number of benzene rings is 2. The summed E-state index contributed by atoms with van der Waals surface area (Å²) < 4.78 is 33.8. The predicted octanol–water partition coefficient (Wildman–Crippen LogP) is 5.32. The molecule has 0 unspecified atom stereocenters. The summed E-state index contributed by atoms with van der Waals surface area (Å²) in [7, 11) is -4.22. The zero-order chi connectivity index (χ0) is 23.2. The monoisotopic (exact) mass is 482 g/mol. The van der Waals surface area contributed by atoms with E-state index in [0.29, 0.717) is 5.58 Å². The first-order valence-electron chi connectivity index (χ1n) is 10.3. The van der Waals surface area contributed by atoms with Crippen LogP contribution in [0.25, 0.3) is 11.0 Å². The van der Waals surface area contributed by atoms with Crippen LogP contribution >= 0.6 is 11.3 Å². The number of nitro benzene ring substituents is 1. The maximum absolute atomic E-state index is 13.5. The summed E-state index contributed by atoms with van der Waals surface area (Å²) in [4.78, 5) is 23.9. The van der Waals surface area contributed by atoms with E-state index in [2.05, 4.69) is 0 Å². The summed E-state index contributed by atoms with van der Waals surface area (Å²) in [5.41, 5.74) is 1.73. The van der Waals surface area contributed by atoms with Crippen LogP contribution in [0.1, 0.15) is 34.5 Å². The van der Waals surface area contributed by atoms with Gasteiger partial charge in [0.05, 0.1) is 10.6 Å². The lowest BCUT2D eigenvalue weighted by Crippen LogP contribution is -2.36. The molecule has 168 valence electrons. The molecule has 1 amide bonds. The van der Waals surface area contributed by atoms with E-state index >= 15 is 0 Å². The number of furan rings is 1. The second-order valence-electron chi connectivity index (χ2n) is 7.70. The number of nitro groups is 1. The van der Waals surface area contributed by atoms with Gasteiger partial charge in [-0.1, -0.05) is 6.07 Å². The number of thiophene rings is 1. The van der Waals surface area contributed by atoms with Crippen molar-refractivity contribution in [2.45, 2.75) is 29.9 Å². The molecule has 1 aliphatic carbocycles. The standard InChI is InChI=1S/C23H18N2O6S2/c26-23(15-7-9-16(10-8-15)25(27)28)24(33(29,30)22-6-3-13-32-22)17-11-12-21-19(14-17)18-4-1-2-5-20(18)31-21/h3,6-14H,1-2,4-5H2. The number of anilines is 1. The zero-order valence-corrected chi connectivity index (χ0v) is 18.9. The summed E-state index contributed by atoms with van der Waals surface area (Å²) in [6.07, 6.45) is 3.72. The van der Waals surface area contributed by atoms with Crippen LogP contribution in [-0.4, -0.2) is 19.2 Å². The molecule has 0 saturated carbocycles. The summed E-state index contributed by atoms with van der Waals surface area (Å²) >= 11 is 1.01. The van der Waals surface area contributed by atoms with Crippen LogP contribution in [0, 0.1) is 10.1 Å². The first-order chi connectivity index (χ1) is 15.9. The number of hydrogen-bond acceptors (Lipinski definition) is 7. The molecule has 4 aromatic rings. The van der Waals surface area contributed by atoms with Crippen molar-refractivity contribution in [3.63, 3.8) is 0 Å². The fraction of sp³-hybridized carbons (Fsp3) is 0.174. The molecule has 0 radical (unpaired) electrons. The topological polar surface area (TPSA) is 111 Å². The minimum Gasteiger partial charge on any atom is -0.461 e. The van der Waals surface area contributed by atoms with Crippen molar-refractivity contribution in [3.05, 3.63) is 87.0 Å². The molecule has 5 rings (SSSR count). The number of nitrogens with zero attached hydrogens (tertiary/aromatic N) is 2. The summed E-state index contributed by atoms with van der Waals surface area (Å²) in [6.45, 7) is 0. The normalized spacial score (nSPS) is 13.6. The predicted molar refractivity (Wildman–Crippen MR) is 124 cm³/mol. The average Bonchev–Trinajstić information content (AvgIpc) is 3.48. The van der Waals surface area contributed by atoms with Gasteiger partial charge in [-0.2, -0.15) is 12.7 Å². The van der Waals surface area contributed by atoms with Crippen LogP contribution in [0.5, 0.6) is 0 Å². The fourth-order valence-corrected chi connectivity index (χ4v) is 6.56. The smallest absolute Gasteiger partial charge is 0.280 e. The van der Waals surface area contributed by atoms with Crippen LogP contribution in [0.4, 0.5) is 11.4 Å².